The maximum Gasteiger partial charge on any atom is 0.422 e. The topological polar surface area (TPSA) is 68.9 Å². The normalized spacial score (nSPS) is 19.7. The van der Waals surface area contributed by atoms with Crippen molar-refractivity contribution in [2.75, 3.05) is 0 Å². The Hall–Kier alpha value is -2.62. The van der Waals surface area contributed by atoms with Gasteiger partial charge in [-0.15, -0.1) is 0 Å². The number of aryl methyl sites for hydroxylation is 2. The molecule has 0 fully saturated rings. The molecule has 0 saturated carbocycles. The number of Topliss-reactive ketones (excluding diaryl/α,β-unsaturated/α-hetero) is 1. The molecule has 4 aromatic rings. The number of aromatic amines is 2. The summed E-state index contributed by atoms with van der Waals surface area (Å²) >= 11 is 11.6. The second-order valence-corrected chi connectivity index (χ2v) is 9.94. The summed E-state index contributed by atoms with van der Waals surface area (Å²) in [6, 6.07) is 5.42. The predicted octanol–water partition coefficient (Wildman–Crippen LogP) is 7.53. The Kier molecular flexibility index (Phi) is 6.08. The SMILES string of the molecule is O=C1CCCc2c1[nH]c1c(F)cc(Cl)cc21.OC1(C(F)(F)F)CCCc2c1[nH]c1c(F)cc(Cl)cc21. The summed E-state index contributed by atoms with van der Waals surface area (Å²) in [7, 11) is 0. The van der Waals surface area contributed by atoms with Gasteiger partial charge in [0.15, 0.2) is 5.78 Å². The molecule has 1 atom stereocenters. The standard InChI is InChI=1S/C13H10ClF4NO.C12H9ClFNO/c14-6-4-8-7-2-1-3-12(20,13(16,17)18)11(7)19-10(8)9(15)5-6;13-6-4-8-7-2-1-3-10(16)12(7)15-11(8)9(14)5-6/h4-5,19-20H,1-3H2;4-5,15H,1-3H2. The van der Waals surface area contributed by atoms with Gasteiger partial charge in [-0.3, -0.25) is 4.79 Å². The number of aromatic nitrogens is 2. The minimum Gasteiger partial charge on any atom is -0.375 e. The monoisotopic (exact) mass is 544 g/mol. The minimum absolute atomic E-state index is 0.0519. The number of hydrogen-bond acceptors (Lipinski definition) is 2. The number of carbonyl (C=O) groups excluding carboxylic acids is 1. The van der Waals surface area contributed by atoms with Crippen LogP contribution in [0.3, 0.4) is 0 Å². The molecule has 2 aromatic carbocycles. The quantitative estimate of drug-likeness (QED) is 0.200. The first-order valence-electron chi connectivity index (χ1n) is 11.2. The van der Waals surface area contributed by atoms with Crippen LogP contribution in [0, 0.1) is 11.6 Å². The van der Waals surface area contributed by atoms with Crippen LogP contribution in [0.25, 0.3) is 21.8 Å². The van der Waals surface area contributed by atoms with Crippen LogP contribution in [0.15, 0.2) is 24.3 Å². The van der Waals surface area contributed by atoms with Crippen molar-refractivity contribution in [2.24, 2.45) is 0 Å². The highest BCUT2D eigenvalue weighted by molar-refractivity contribution is 6.31. The number of fused-ring (bicyclic) bond motifs is 6. The Bertz CT molecular complexity index is 1520. The van der Waals surface area contributed by atoms with Gasteiger partial charge < -0.3 is 15.1 Å². The molecule has 0 spiro atoms. The molecule has 6 rings (SSSR count). The van der Waals surface area contributed by atoms with Crippen molar-refractivity contribution < 1.29 is 31.9 Å². The number of ketones is 1. The van der Waals surface area contributed by atoms with Crippen molar-refractivity contribution in [3.05, 3.63) is 68.5 Å². The number of rotatable bonds is 0. The van der Waals surface area contributed by atoms with Crippen molar-refractivity contribution in [2.45, 2.75) is 50.3 Å². The van der Waals surface area contributed by atoms with E-state index in [4.69, 9.17) is 23.2 Å². The van der Waals surface area contributed by atoms with Crippen molar-refractivity contribution >= 4 is 50.8 Å². The van der Waals surface area contributed by atoms with Gasteiger partial charge in [-0.1, -0.05) is 23.2 Å². The first kappa shape index (κ1) is 25.0. The summed E-state index contributed by atoms with van der Waals surface area (Å²) in [6.45, 7) is 0. The lowest BCUT2D eigenvalue weighted by Gasteiger charge is -2.33. The summed E-state index contributed by atoms with van der Waals surface area (Å²) in [5.41, 5.74) is -1.23. The summed E-state index contributed by atoms with van der Waals surface area (Å²) < 4.78 is 66.8. The summed E-state index contributed by atoms with van der Waals surface area (Å²) in [5.74, 6) is -1.07. The van der Waals surface area contributed by atoms with Gasteiger partial charge in [0.1, 0.15) is 11.6 Å². The van der Waals surface area contributed by atoms with E-state index in [0.717, 1.165) is 29.9 Å². The van der Waals surface area contributed by atoms with Crippen molar-refractivity contribution in [3.63, 3.8) is 0 Å². The first-order chi connectivity index (χ1) is 16.9. The smallest absolute Gasteiger partial charge is 0.375 e. The van der Waals surface area contributed by atoms with Gasteiger partial charge in [0, 0.05) is 27.2 Å². The highest BCUT2D eigenvalue weighted by Gasteiger charge is 2.57. The molecule has 11 heteroatoms. The lowest BCUT2D eigenvalue weighted by atomic mass is 9.82. The van der Waals surface area contributed by atoms with Crippen molar-refractivity contribution in [1.82, 2.24) is 9.97 Å². The minimum atomic E-state index is -4.82. The second kappa shape index (κ2) is 8.75. The fraction of sp³-hybridized carbons (Fsp3) is 0.320. The van der Waals surface area contributed by atoms with E-state index in [1.54, 1.807) is 6.07 Å². The molecule has 0 aliphatic heterocycles. The number of hydrogen-bond donors (Lipinski definition) is 3. The zero-order valence-electron chi connectivity index (χ0n) is 18.6. The van der Waals surface area contributed by atoms with E-state index in [-0.39, 0.29) is 34.0 Å². The number of benzene rings is 2. The van der Waals surface area contributed by atoms with Crippen LogP contribution >= 0.6 is 23.2 Å². The molecule has 4 nitrogen and oxygen atoms in total. The molecule has 0 radical (unpaired) electrons. The zero-order chi connectivity index (χ0) is 26.0. The molecule has 190 valence electrons. The fourth-order valence-electron chi connectivity index (χ4n) is 5.14. The van der Waals surface area contributed by atoms with Gasteiger partial charge in [-0.2, -0.15) is 13.2 Å². The van der Waals surface area contributed by atoms with Gasteiger partial charge >= 0.3 is 6.18 Å². The number of aliphatic hydroxyl groups is 1. The number of halogens is 7. The molecule has 3 N–H and O–H groups in total. The number of H-pyrrole nitrogens is 2. The predicted molar refractivity (Wildman–Crippen MR) is 127 cm³/mol. The fourth-order valence-corrected chi connectivity index (χ4v) is 5.55. The molecule has 0 bridgehead atoms. The summed E-state index contributed by atoms with van der Waals surface area (Å²) in [4.78, 5) is 16.9. The van der Waals surface area contributed by atoms with Crippen LogP contribution in [-0.4, -0.2) is 27.0 Å². The molecule has 36 heavy (non-hydrogen) atoms. The largest absolute Gasteiger partial charge is 0.422 e. The maximum absolute atomic E-state index is 13.8. The molecule has 1 unspecified atom stereocenters. The second-order valence-electron chi connectivity index (χ2n) is 9.07. The third-order valence-corrected chi connectivity index (χ3v) is 7.26. The average molecular weight is 545 g/mol. The van der Waals surface area contributed by atoms with Crippen LogP contribution in [0.1, 0.15) is 53.0 Å². The van der Waals surface area contributed by atoms with E-state index >= 15 is 0 Å². The third kappa shape index (κ3) is 3.97. The van der Waals surface area contributed by atoms with E-state index in [1.807, 2.05) is 0 Å². The van der Waals surface area contributed by atoms with E-state index in [2.05, 4.69) is 9.97 Å². The summed E-state index contributed by atoms with van der Waals surface area (Å²) in [6.07, 6.45) is -2.57. The molecule has 2 aromatic heterocycles. The Morgan fingerprint density at radius 1 is 0.833 bits per heavy atom. The van der Waals surface area contributed by atoms with Gasteiger partial charge in [0.25, 0.3) is 0 Å². The van der Waals surface area contributed by atoms with E-state index in [0.29, 0.717) is 34.5 Å². The third-order valence-electron chi connectivity index (χ3n) is 6.82. The molecule has 2 aliphatic rings. The van der Waals surface area contributed by atoms with Crippen molar-refractivity contribution in [1.29, 1.82) is 0 Å². The Morgan fingerprint density at radius 3 is 2.00 bits per heavy atom. The summed E-state index contributed by atoms with van der Waals surface area (Å²) in [5, 5.41) is 11.5. The lowest BCUT2D eigenvalue weighted by molar-refractivity contribution is -0.272. The molecule has 2 heterocycles. The zero-order valence-corrected chi connectivity index (χ0v) is 20.1. The molecule has 2 aliphatic carbocycles. The van der Waals surface area contributed by atoms with E-state index < -0.39 is 29.8 Å². The Morgan fingerprint density at radius 2 is 1.39 bits per heavy atom. The number of nitrogens with one attached hydrogen (secondary N) is 2. The van der Waals surface area contributed by atoms with Crippen LogP contribution < -0.4 is 0 Å². The number of alkyl halides is 3. The molecular formula is C25H19Cl2F5N2O2. The van der Waals surface area contributed by atoms with E-state index in [9.17, 15) is 31.9 Å². The highest BCUT2D eigenvalue weighted by Crippen LogP contribution is 2.48. The van der Waals surface area contributed by atoms with Crippen LogP contribution in [-0.2, 0) is 18.4 Å². The maximum atomic E-state index is 13.8. The average Bonchev–Trinajstić information content (AvgIpc) is 3.35. The highest BCUT2D eigenvalue weighted by atomic mass is 35.5. The van der Waals surface area contributed by atoms with Crippen molar-refractivity contribution in [3.8, 4) is 0 Å². The van der Waals surface area contributed by atoms with Gasteiger partial charge in [0.2, 0.25) is 5.60 Å². The lowest BCUT2D eigenvalue weighted by Crippen LogP contribution is -2.45. The molecule has 0 saturated heterocycles. The van der Waals surface area contributed by atoms with E-state index in [1.165, 1.54) is 12.1 Å². The molecule has 0 amide bonds. The van der Waals surface area contributed by atoms with Crippen LogP contribution in [0.2, 0.25) is 10.0 Å². The number of carbonyl (C=O) groups is 1. The van der Waals surface area contributed by atoms with Gasteiger partial charge in [-0.05, 0) is 67.5 Å². The Labute approximate surface area is 211 Å². The van der Waals surface area contributed by atoms with Crippen LogP contribution in [0.5, 0.6) is 0 Å². The van der Waals surface area contributed by atoms with Crippen LogP contribution in [0.4, 0.5) is 22.0 Å². The Balaban J connectivity index is 0.000000152. The van der Waals surface area contributed by atoms with Gasteiger partial charge in [0.05, 0.1) is 22.4 Å². The molecular weight excluding hydrogens is 526 g/mol. The van der Waals surface area contributed by atoms with Gasteiger partial charge in [-0.25, -0.2) is 8.78 Å². The first-order valence-corrected chi connectivity index (χ1v) is 12.0.